The monoisotopic (exact) mass is 211 g/mol. The van der Waals surface area contributed by atoms with E-state index in [4.69, 9.17) is 0 Å². The minimum Gasteiger partial charge on any atom is -0.333 e. The van der Waals surface area contributed by atoms with Crippen LogP contribution in [-0.4, -0.2) is 14.1 Å². The maximum Gasteiger partial charge on any atom is 0 e. The molecule has 0 aromatic carbocycles. The minimum atomic E-state index is 0. The van der Waals surface area contributed by atoms with Gasteiger partial charge in [0.1, 0.15) is 0 Å². The van der Waals surface area contributed by atoms with Crippen molar-refractivity contribution in [1.82, 2.24) is 0 Å². The Morgan fingerprint density at radius 2 is 0.556 bits per heavy atom. The molecule has 59 valence electrons. The van der Waals surface area contributed by atoms with Crippen LogP contribution in [0.25, 0.3) is 0 Å². The molecule has 9 heavy (non-hydrogen) atoms. The molecule has 2 nitrogen and oxygen atoms in total. The molecule has 0 saturated heterocycles. The first-order valence-electron chi connectivity index (χ1n) is 3.15. The van der Waals surface area contributed by atoms with Crippen molar-refractivity contribution in [3.8, 4) is 0 Å². The molecule has 0 fully saturated rings. The van der Waals surface area contributed by atoms with Crippen molar-refractivity contribution in [1.29, 1.82) is 0 Å². The van der Waals surface area contributed by atoms with Crippen LogP contribution in [0.5, 0.6) is 0 Å². The van der Waals surface area contributed by atoms with E-state index in [2.05, 4.69) is 11.5 Å². The Bertz CT molecular complexity index is 11.0. The van der Waals surface area contributed by atoms with E-state index in [1.807, 2.05) is 27.7 Å². The van der Waals surface area contributed by atoms with Gasteiger partial charge in [-0.25, -0.2) is 0 Å². The van der Waals surface area contributed by atoms with E-state index >= 15 is 0 Å². The number of nitrogens with two attached hydrogens (primary N) is 2. The van der Waals surface area contributed by atoms with E-state index in [0.29, 0.717) is 0 Å². The standard InChI is InChI=1S/2C2H6.2CH5N.Y/c4*1-2;/h2*1-2H3;2*2H2,1H3;. The van der Waals surface area contributed by atoms with Crippen LogP contribution < -0.4 is 11.5 Å². The van der Waals surface area contributed by atoms with Gasteiger partial charge in [-0.1, -0.05) is 27.7 Å². The molecular formula is C6H22N2Y. The SMILES string of the molecule is CC.CC.CN.CN.[Y]. The van der Waals surface area contributed by atoms with E-state index < -0.39 is 0 Å². The molecule has 0 bridgehead atoms. The third-order valence-electron chi connectivity index (χ3n) is 0. The first kappa shape index (κ1) is 32.3. The van der Waals surface area contributed by atoms with Crippen molar-refractivity contribution in [2.45, 2.75) is 27.7 Å². The normalized spacial score (nSPS) is 2.67. The average molecular weight is 211 g/mol. The zero-order valence-electron chi connectivity index (χ0n) is 7.73. The topological polar surface area (TPSA) is 52.0 Å². The first-order chi connectivity index (χ1) is 4.00. The third kappa shape index (κ3) is 425. The summed E-state index contributed by atoms with van der Waals surface area (Å²) < 4.78 is 0. The van der Waals surface area contributed by atoms with E-state index in [-0.39, 0.29) is 32.7 Å². The summed E-state index contributed by atoms with van der Waals surface area (Å²) in [6.45, 7) is 8.00. The number of rotatable bonds is 0. The van der Waals surface area contributed by atoms with Gasteiger partial charge >= 0.3 is 0 Å². The summed E-state index contributed by atoms with van der Waals surface area (Å²) in [5.74, 6) is 0. The molecule has 0 spiro atoms. The zero-order valence-corrected chi connectivity index (χ0v) is 10.6. The maximum absolute atomic E-state index is 4.50. The van der Waals surface area contributed by atoms with Crippen LogP contribution in [-0.2, 0) is 32.7 Å². The van der Waals surface area contributed by atoms with Gasteiger partial charge in [0, 0.05) is 32.7 Å². The zero-order chi connectivity index (χ0) is 8.00. The molecule has 0 aromatic heterocycles. The molecule has 0 unspecified atom stereocenters. The maximum atomic E-state index is 4.50. The Kier molecular flexibility index (Phi) is 1990. The first-order valence-corrected chi connectivity index (χ1v) is 3.15. The Morgan fingerprint density at radius 1 is 0.556 bits per heavy atom. The molecule has 0 saturated carbocycles. The van der Waals surface area contributed by atoms with Crippen LogP contribution in [0.2, 0.25) is 0 Å². The molecule has 0 aliphatic heterocycles. The van der Waals surface area contributed by atoms with Crippen LogP contribution in [0, 0.1) is 0 Å². The van der Waals surface area contributed by atoms with Gasteiger partial charge in [0.25, 0.3) is 0 Å². The molecule has 0 aromatic rings. The Labute approximate surface area is 85.6 Å². The summed E-state index contributed by atoms with van der Waals surface area (Å²) in [4.78, 5) is 0. The van der Waals surface area contributed by atoms with Crippen LogP contribution in [0.1, 0.15) is 27.7 Å². The van der Waals surface area contributed by atoms with E-state index in [0.717, 1.165) is 0 Å². The summed E-state index contributed by atoms with van der Waals surface area (Å²) in [5, 5.41) is 0. The Morgan fingerprint density at radius 3 is 0.556 bits per heavy atom. The van der Waals surface area contributed by atoms with Gasteiger partial charge < -0.3 is 11.5 Å². The molecule has 0 atom stereocenters. The average Bonchev–Trinajstić information content (AvgIpc) is 2.03. The van der Waals surface area contributed by atoms with Gasteiger partial charge in [0.05, 0.1) is 0 Å². The van der Waals surface area contributed by atoms with Gasteiger partial charge in [0.15, 0.2) is 0 Å². The van der Waals surface area contributed by atoms with Crippen molar-refractivity contribution < 1.29 is 32.7 Å². The van der Waals surface area contributed by atoms with Crippen LogP contribution >= 0.6 is 0 Å². The molecule has 0 aliphatic carbocycles. The molecule has 4 N–H and O–H groups in total. The molecule has 0 rings (SSSR count). The molecule has 1 radical (unpaired) electrons. The van der Waals surface area contributed by atoms with E-state index in [1.54, 1.807) is 0 Å². The van der Waals surface area contributed by atoms with Gasteiger partial charge in [-0.2, -0.15) is 0 Å². The molecule has 0 heterocycles. The van der Waals surface area contributed by atoms with Crippen molar-refractivity contribution in [2.75, 3.05) is 14.1 Å². The van der Waals surface area contributed by atoms with Crippen molar-refractivity contribution in [3.63, 3.8) is 0 Å². The van der Waals surface area contributed by atoms with E-state index in [9.17, 15) is 0 Å². The van der Waals surface area contributed by atoms with Crippen LogP contribution in [0.4, 0.5) is 0 Å². The summed E-state index contributed by atoms with van der Waals surface area (Å²) in [5.41, 5.74) is 9.00. The summed E-state index contributed by atoms with van der Waals surface area (Å²) in [7, 11) is 3.00. The smallest absolute Gasteiger partial charge is 0 e. The predicted molar refractivity (Wildman–Crippen MR) is 42.9 cm³/mol. The Hall–Kier alpha value is 1.02. The van der Waals surface area contributed by atoms with Gasteiger partial charge in [-0.15, -0.1) is 0 Å². The van der Waals surface area contributed by atoms with Crippen molar-refractivity contribution >= 4 is 0 Å². The summed E-state index contributed by atoms with van der Waals surface area (Å²) in [6, 6.07) is 0. The second kappa shape index (κ2) is 554. The third-order valence-corrected chi connectivity index (χ3v) is 0. The summed E-state index contributed by atoms with van der Waals surface area (Å²) in [6.07, 6.45) is 0. The van der Waals surface area contributed by atoms with Gasteiger partial charge in [0.2, 0.25) is 0 Å². The van der Waals surface area contributed by atoms with Crippen LogP contribution in [0.15, 0.2) is 0 Å². The molecular weight excluding hydrogens is 189 g/mol. The molecule has 0 amide bonds. The molecule has 0 aliphatic rings. The fourth-order valence-corrected chi connectivity index (χ4v) is 0. The largest absolute Gasteiger partial charge is 0.333 e. The fourth-order valence-electron chi connectivity index (χ4n) is 0. The van der Waals surface area contributed by atoms with Crippen molar-refractivity contribution in [3.05, 3.63) is 0 Å². The summed E-state index contributed by atoms with van der Waals surface area (Å²) >= 11 is 0. The minimum absolute atomic E-state index is 0. The second-order valence-electron chi connectivity index (χ2n) is 0. The van der Waals surface area contributed by atoms with E-state index in [1.165, 1.54) is 14.1 Å². The van der Waals surface area contributed by atoms with Gasteiger partial charge in [-0.05, 0) is 14.1 Å². The van der Waals surface area contributed by atoms with Crippen LogP contribution in [0.3, 0.4) is 0 Å². The Balaban J connectivity index is -0.00000000762. The molecule has 3 heteroatoms. The fraction of sp³-hybridized carbons (Fsp3) is 1.00. The second-order valence-corrected chi connectivity index (χ2v) is 0. The quantitative estimate of drug-likeness (QED) is 0.632. The number of hydrogen-bond acceptors (Lipinski definition) is 2. The van der Waals surface area contributed by atoms with Crippen molar-refractivity contribution in [2.24, 2.45) is 11.5 Å². The number of hydrogen-bond donors (Lipinski definition) is 2. The predicted octanol–water partition coefficient (Wildman–Crippen LogP) is 1.20. The van der Waals surface area contributed by atoms with Gasteiger partial charge in [-0.3, -0.25) is 0 Å².